The van der Waals surface area contributed by atoms with Crippen LogP contribution in [0.1, 0.15) is 12.5 Å². The van der Waals surface area contributed by atoms with E-state index < -0.39 is 35.1 Å². The van der Waals surface area contributed by atoms with Crippen molar-refractivity contribution in [2.24, 2.45) is 0 Å². The second-order valence-corrected chi connectivity index (χ2v) is 4.48. The molecule has 0 aliphatic carbocycles. The number of urea groups is 1. The highest BCUT2D eigenvalue weighted by molar-refractivity contribution is 6.33. The quantitative estimate of drug-likeness (QED) is 0.505. The Morgan fingerprint density at radius 2 is 2.00 bits per heavy atom. The van der Waals surface area contributed by atoms with Gasteiger partial charge in [0.25, 0.3) is 11.8 Å². The van der Waals surface area contributed by atoms with E-state index in [-0.39, 0.29) is 11.3 Å². The second kappa shape index (κ2) is 3.62. The summed E-state index contributed by atoms with van der Waals surface area (Å²) in [4.78, 5) is 48.0. The van der Waals surface area contributed by atoms with E-state index in [1.54, 1.807) is 0 Å². The van der Waals surface area contributed by atoms with Crippen LogP contribution in [-0.4, -0.2) is 23.8 Å². The predicted molar refractivity (Wildman–Crippen MR) is 62.9 cm³/mol. The Kier molecular flexibility index (Phi) is 2.22. The predicted octanol–water partition coefficient (Wildman–Crippen LogP) is -0.246. The van der Waals surface area contributed by atoms with Gasteiger partial charge in [0.2, 0.25) is 11.4 Å². The van der Waals surface area contributed by atoms with Gasteiger partial charge >= 0.3 is 6.03 Å². The number of halogens is 1. The molecule has 1 atom stereocenters. The zero-order valence-electron chi connectivity index (χ0n) is 10.2. The average molecular weight is 277 g/mol. The Labute approximate surface area is 111 Å². The van der Waals surface area contributed by atoms with Gasteiger partial charge in [0.15, 0.2) is 0 Å². The summed E-state index contributed by atoms with van der Waals surface area (Å²) in [7, 11) is 0. The molecule has 2 aliphatic heterocycles. The van der Waals surface area contributed by atoms with Crippen molar-refractivity contribution in [1.82, 2.24) is 10.6 Å². The molecule has 2 aliphatic rings. The van der Waals surface area contributed by atoms with E-state index in [0.717, 1.165) is 19.1 Å². The molecule has 20 heavy (non-hydrogen) atoms. The number of nitrogens with zero attached hydrogens (tertiary/aromatic N) is 1. The number of hydrogen-bond donors (Lipinski definition) is 2. The van der Waals surface area contributed by atoms with Crippen molar-refractivity contribution < 1.29 is 23.6 Å². The summed E-state index contributed by atoms with van der Waals surface area (Å²) in [5, 5.41) is 4.18. The van der Waals surface area contributed by atoms with Gasteiger partial charge < -0.3 is 5.32 Å². The fraction of sp³-hybridized carbons (Fsp3) is 0.167. The number of hydrogen-bond acceptors (Lipinski definition) is 4. The third-order valence-corrected chi connectivity index (χ3v) is 3.31. The molecule has 5 amide bonds. The Morgan fingerprint density at radius 3 is 2.55 bits per heavy atom. The van der Waals surface area contributed by atoms with Gasteiger partial charge in [-0.2, -0.15) is 0 Å². The van der Waals surface area contributed by atoms with Crippen LogP contribution in [-0.2, 0) is 19.9 Å². The molecular weight excluding hydrogens is 269 g/mol. The first-order valence-corrected chi connectivity index (χ1v) is 5.66. The topological polar surface area (TPSA) is 95.6 Å². The van der Waals surface area contributed by atoms with Crippen LogP contribution in [0.2, 0.25) is 0 Å². The monoisotopic (exact) mass is 277 g/mol. The first-order chi connectivity index (χ1) is 9.37. The normalized spacial score (nSPS) is 23.9. The van der Waals surface area contributed by atoms with E-state index >= 15 is 0 Å². The molecule has 8 heteroatoms. The minimum atomic E-state index is -1.99. The van der Waals surface area contributed by atoms with Crippen LogP contribution in [0.5, 0.6) is 0 Å². The lowest BCUT2D eigenvalue weighted by molar-refractivity contribution is -0.135. The van der Waals surface area contributed by atoms with Gasteiger partial charge in [-0.1, -0.05) is 6.07 Å². The van der Waals surface area contributed by atoms with Crippen molar-refractivity contribution in [3.63, 3.8) is 0 Å². The van der Waals surface area contributed by atoms with Crippen molar-refractivity contribution in [3.05, 3.63) is 29.6 Å². The smallest absolute Gasteiger partial charge is 0.312 e. The average Bonchev–Trinajstić information content (AvgIpc) is 2.76. The molecule has 2 N–H and O–H groups in total. The number of rotatable bonds is 0. The van der Waals surface area contributed by atoms with Crippen molar-refractivity contribution >= 4 is 29.4 Å². The van der Waals surface area contributed by atoms with Crippen LogP contribution in [0, 0.1) is 5.82 Å². The molecule has 1 fully saturated rings. The Bertz CT molecular complexity index is 702. The highest BCUT2D eigenvalue weighted by Crippen LogP contribution is 2.42. The number of fused-ring (bicyclic) bond motifs is 2. The Balaban J connectivity index is 2.30. The van der Waals surface area contributed by atoms with Crippen LogP contribution >= 0.6 is 0 Å². The molecule has 2 heterocycles. The van der Waals surface area contributed by atoms with Gasteiger partial charge in [-0.15, -0.1) is 0 Å². The largest absolute Gasteiger partial charge is 0.323 e. The van der Waals surface area contributed by atoms with E-state index in [1.807, 2.05) is 5.32 Å². The molecule has 102 valence electrons. The van der Waals surface area contributed by atoms with Crippen LogP contribution in [0.25, 0.3) is 0 Å². The van der Waals surface area contributed by atoms with E-state index in [2.05, 4.69) is 5.32 Å². The standard InChI is InChI=1S/C12H8FN3O4/c1-5(17)16-8-4-6(13)2-3-7(8)12(10(16)19)9(18)14-11(20)15-12/h2-4H,1H3,(H2,14,15,18,20). The fourth-order valence-corrected chi connectivity index (χ4v) is 2.51. The van der Waals surface area contributed by atoms with Crippen LogP contribution in [0.15, 0.2) is 18.2 Å². The summed E-state index contributed by atoms with van der Waals surface area (Å²) < 4.78 is 13.3. The SMILES string of the molecule is CC(=O)N1C(=O)C2(NC(=O)NC2=O)c2ccc(F)cc21. The number of nitrogens with one attached hydrogen (secondary N) is 2. The maximum absolute atomic E-state index is 13.3. The summed E-state index contributed by atoms with van der Waals surface area (Å²) in [6, 6.07) is 2.39. The van der Waals surface area contributed by atoms with E-state index in [1.165, 1.54) is 6.07 Å². The molecule has 0 radical (unpaired) electrons. The van der Waals surface area contributed by atoms with Crippen LogP contribution in [0.3, 0.4) is 0 Å². The molecule has 1 saturated heterocycles. The van der Waals surface area contributed by atoms with Gasteiger partial charge in [0.1, 0.15) is 5.82 Å². The van der Waals surface area contributed by atoms with Gasteiger partial charge in [0.05, 0.1) is 5.69 Å². The number of carbonyl (C=O) groups excluding carboxylic acids is 4. The Morgan fingerprint density at radius 1 is 1.30 bits per heavy atom. The fourth-order valence-electron chi connectivity index (χ4n) is 2.51. The number of imide groups is 2. The zero-order chi connectivity index (χ0) is 14.7. The summed E-state index contributed by atoms with van der Waals surface area (Å²) in [5.41, 5.74) is -1.96. The molecule has 7 nitrogen and oxygen atoms in total. The van der Waals surface area contributed by atoms with Gasteiger partial charge in [-0.3, -0.25) is 19.7 Å². The van der Waals surface area contributed by atoms with Gasteiger partial charge in [-0.05, 0) is 12.1 Å². The third-order valence-electron chi connectivity index (χ3n) is 3.31. The molecular formula is C12H8FN3O4. The van der Waals surface area contributed by atoms with Crippen molar-refractivity contribution in [1.29, 1.82) is 0 Å². The zero-order valence-corrected chi connectivity index (χ0v) is 10.2. The van der Waals surface area contributed by atoms with Crippen molar-refractivity contribution in [3.8, 4) is 0 Å². The summed E-state index contributed by atoms with van der Waals surface area (Å²) in [6.07, 6.45) is 0. The molecule has 3 rings (SSSR count). The second-order valence-electron chi connectivity index (χ2n) is 4.48. The number of anilines is 1. The highest BCUT2D eigenvalue weighted by Gasteiger charge is 2.62. The number of carbonyl (C=O) groups is 4. The molecule has 0 aromatic heterocycles. The molecule has 0 bridgehead atoms. The first-order valence-electron chi connectivity index (χ1n) is 5.66. The molecule has 1 aromatic rings. The van der Waals surface area contributed by atoms with Crippen molar-refractivity contribution in [2.75, 3.05) is 4.90 Å². The highest BCUT2D eigenvalue weighted by atomic mass is 19.1. The first kappa shape index (κ1) is 12.3. The lowest BCUT2D eigenvalue weighted by Crippen LogP contribution is -2.53. The van der Waals surface area contributed by atoms with Crippen LogP contribution < -0.4 is 15.5 Å². The number of amides is 5. The third kappa shape index (κ3) is 1.27. The minimum Gasteiger partial charge on any atom is -0.312 e. The molecule has 0 saturated carbocycles. The van der Waals surface area contributed by atoms with Crippen molar-refractivity contribution in [2.45, 2.75) is 12.5 Å². The van der Waals surface area contributed by atoms with E-state index in [9.17, 15) is 23.6 Å². The van der Waals surface area contributed by atoms with Gasteiger partial charge in [-0.25, -0.2) is 14.1 Å². The van der Waals surface area contributed by atoms with Gasteiger partial charge in [0, 0.05) is 12.5 Å². The lowest BCUT2D eigenvalue weighted by Gasteiger charge is -2.19. The maximum atomic E-state index is 13.3. The summed E-state index contributed by atoms with van der Waals surface area (Å²) >= 11 is 0. The van der Waals surface area contributed by atoms with E-state index in [4.69, 9.17) is 0 Å². The lowest BCUT2D eigenvalue weighted by atomic mass is 9.91. The van der Waals surface area contributed by atoms with E-state index in [0.29, 0.717) is 4.90 Å². The molecule has 1 unspecified atom stereocenters. The number of benzene rings is 1. The summed E-state index contributed by atoms with van der Waals surface area (Å²) in [6.45, 7) is 1.11. The maximum Gasteiger partial charge on any atom is 0.323 e. The minimum absolute atomic E-state index is 0.0418. The molecule has 1 spiro atoms. The molecule has 1 aromatic carbocycles. The van der Waals surface area contributed by atoms with Crippen LogP contribution in [0.4, 0.5) is 14.9 Å². The summed E-state index contributed by atoms with van der Waals surface area (Å²) in [5.74, 6) is -3.14. The Hall–Kier alpha value is -2.77.